The molecule has 0 aromatic carbocycles. The summed E-state index contributed by atoms with van der Waals surface area (Å²) in [6.45, 7) is 1.91. The number of allylic oxidation sites excluding steroid dienone is 6. The molecule has 1 N–H and O–H groups in total. The van der Waals surface area contributed by atoms with Crippen LogP contribution in [0.25, 0.3) is 0 Å². The maximum absolute atomic E-state index is 10.2. The van der Waals surface area contributed by atoms with Crippen LogP contribution in [-0.4, -0.2) is 11.1 Å². The van der Waals surface area contributed by atoms with Crippen molar-refractivity contribution in [2.75, 3.05) is 0 Å². The van der Waals surface area contributed by atoms with Gasteiger partial charge in [0.2, 0.25) is 0 Å². The molecule has 0 amide bonds. The minimum atomic E-state index is -0.729. The summed E-state index contributed by atoms with van der Waals surface area (Å²) in [6.07, 6.45) is 13.9. The largest absolute Gasteiger partial charge is 0.481 e. The van der Waals surface area contributed by atoms with E-state index >= 15 is 0 Å². The summed E-state index contributed by atoms with van der Waals surface area (Å²) in [6, 6.07) is 0. The first-order chi connectivity index (χ1) is 8.77. The highest BCUT2D eigenvalue weighted by Crippen LogP contribution is 2.00. The Hall–Kier alpha value is -2.19. The molecule has 0 aliphatic rings. The third-order valence-electron chi connectivity index (χ3n) is 1.90. The highest BCUT2D eigenvalue weighted by Gasteiger charge is 1.93. The van der Waals surface area contributed by atoms with Crippen LogP contribution in [0, 0.1) is 23.7 Å². The van der Waals surface area contributed by atoms with E-state index in [1.54, 1.807) is 12.2 Å². The lowest BCUT2D eigenvalue weighted by Crippen LogP contribution is -1.92. The van der Waals surface area contributed by atoms with Gasteiger partial charge in [0.25, 0.3) is 0 Å². The summed E-state index contributed by atoms with van der Waals surface area (Å²) in [5.74, 6) is 10.2. The second-order valence-corrected chi connectivity index (χ2v) is 3.47. The molecule has 18 heavy (non-hydrogen) atoms. The van der Waals surface area contributed by atoms with Gasteiger partial charge in [0, 0.05) is 6.42 Å². The lowest BCUT2D eigenvalue weighted by molar-refractivity contribution is -0.137. The number of unbranched alkanes of at least 4 members (excludes halogenated alkanes) is 2. The van der Waals surface area contributed by atoms with Gasteiger partial charge in [-0.15, -0.1) is 0 Å². The fraction of sp³-hybridized carbons (Fsp3) is 0.312. The van der Waals surface area contributed by atoms with Gasteiger partial charge in [-0.3, -0.25) is 4.79 Å². The second-order valence-electron chi connectivity index (χ2n) is 3.47. The van der Waals surface area contributed by atoms with Gasteiger partial charge in [-0.1, -0.05) is 36.1 Å². The van der Waals surface area contributed by atoms with E-state index in [1.165, 1.54) is 0 Å². The van der Waals surface area contributed by atoms with Crippen molar-refractivity contribution in [3.63, 3.8) is 0 Å². The van der Waals surface area contributed by atoms with E-state index in [9.17, 15) is 4.79 Å². The Kier molecular flexibility index (Phi) is 11.3. The van der Waals surface area contributed by atoms with Gasteiger partial charge in [-0.25, -0.2) is 0 Å². The van der Waals surface area contributed by atoms with E-state index in [0.717, 1.165) is 19.3 Å². The molecule has 0 saturated heterocycles. The Morgan fingerprint density at radius 3 is 2.50 bits per heavy atom. The zero-order chi connectivity index (χ0) is 13.5. The first kappa shape index (κ1) is 15.8. The molecule has 0 aromatic rings. The molecule has 2 heteroatoms. The van der Waals surface area contributed by atoms with Gasteiger partial charge < -0.3 is 5.11 Å². The number of carbonyl (C=O) groups is 1. The van der Waals surface area contributed by atoms with Crippen molar-refractivity contribution < 1.29 is 9.90 Å². The Balaban J connectivity index is 3.64. The number of carboxylic acid groups (broad SMARTS) is 1. The van der Waals surface area contributed by atoms with Gasteiger partial charge in [-0.05, 0) is 50.2 Å². The minimum Gasteiger partial charge on any atom is -0.481 e. The molecule has 0 aliphatic carbocycles. The molecule has 0 rings (SSSR count). The van der Waals surface area contributed by atoms with Crippen molar-refractivity contribution in [1.29, 1.82) is 0 Å². The third kappa shape index (κ3) is 13.8. The zero-order valence-electron chi connectivity index (χ0n) is 10.6. The summed E-state index contributed by atoms with van der Waals surface area (Å²) < 4.78 is 0. The van der Waals surface area contributed by atoms with Crippen LogP contribution in [0.1, 0.15) is 32.6 Å². The first-order valence-electron chi connectivity index (χ1n) is 5.93. The average molecular weight is 242 g/mol. The molecule has 0 bridgehead atoms. The molecular formula is C16H18O2. The first-order valence-corrected chi connectivity index (χ1v) is 5.93. The lowest BCUT2D eigenvalue weighted by Gasteiger charge is -1.91. The number of carboxylic acids is 1. The highest BCUT2D eigenvalue weighted by molar-refractivity contribution is 5.66. The van der Waals surface area contributed by atoms with E-state index in [0.29, 0.717) is 0 Å². The van der Waals surface area contributed by atoms with Gasteiger partial charge >= 0.3 is 5.97 Å². The molecular weight excluding hydrogens is 224 g/mol. The van der Waals surface area contributed by atoms with Crippen LogP contribution in [-0.2, 0) is 4.79 Å². The van der Waals surface area contributed by atoms with Crippen molar-refractivity contribution in [3.8, 4) is 23.7 Å². The molecule has 0 radical (unpaired) electrons. The molecule has 0 aromatic heterocycles. The maximum Gasteiger partial charge on any atom is 0.303 e. The minimum absolute atomic E-state index is 0.250. The van der Waals surface area contributed by atoms with E-state index in [1.807, 2.05) is 31.2 Å². The number of rotatable bonds is 6. The van der Waals surface area contributed by atoms with E-state index in [-0.39, 0.29) is 6.42 Å². The average Bonchev–Trinajstić information content (AvgIpc) is 2.34. The molecule has 0 spiro atoms. The second kappa shape index (κ2) is 12.9. The molecule has 94 valence electrons. The monoisotopic (exact) mass is 242 g/mol. The summed E-state index contributed by atoms with van der Waals surface area (Å²) in [5.41, 5.74) is 0. The molecule has 0 heterocycles. The Bertz CT molecular complexity index is 431. The molecule has 0 atom stereocenters. The van der Waals surface area contributed by atoms with Crippen molar-refractivity contribution >= 4 is 5.97 Å². The fourth-order valence-electron chi connectivity index (χ4n) is 1.06. The van der Waals surface area contributed by atoms with Gasteiger partial charge in [0.15, 0.2) is 0 Å². The molecule has 0 unspecified atom stereocenters. The summed E-state index contributed by atoms with van der Waals surface area (Å²) in [7, 11) is 0. The molecule has 0 aliphatic heterocycles. The summed E-state index contributed by atoms with van der Waals surface area (Å²) >= 11 is 0. The van der Waals surface area contributed by atoms with E-state index < -0.39 is 5.97 Å². The highest BCUT2D eigenvalue weighted by atomic mass is 16.4. The quantitative estimate of drug-likeness (QED) is 0.440. The predicted octanol–water partition coefficient (Wildman–Crippen LogP) is 3.33. The molecule has 0 fully saturated rings. The van der Waals surface area contributed by atoms with Gasteiger partial charge in [-0.2, -0.15) is 0 Å². The normalized spacial score (nSPS) is 10.3. The van der Waals surface area contributed by atoms with E-state index in [4.69, 9.17) is 5.11 Å². The summed E-state index contributed by atoms with van der Waals surface area (Å²) in [5, 5.41) is 8.43. The van der Waals surface area contributed by atoms with Crippen LogP contribution in [0.2, 0.25) is 0 Å². The SMILES string of the molecule is C/C=C/C#CC#C/C=C/C=C/CCCCC(=O)O. The number of hydrogen-bond acceptors (Lipinski definition) is 1. The van der Waals surface area contributed by atoms with Crippen molar-refractivity contribution in [3.05, 3.63) is 36.5 Å². The molecule has 0 saturated carbocycles. The Morgan fingerprint density at radius 2 is 1.83 bits per heavy atom. The van der Waals surface area contributed by atoms with Gasteiger partial charge in [0.05, 0.1) is 0 Å². The van der Waals surface area contributed by atoms with Crippen LogP contribution < -0.4 is 0 Å². The number of hydrogen-bond donors (Lipinski definition) is 1. The lowest BCUT2D eigenvalue weighted by atomic mass is 10.2. The van der Waals surface area contributed by atoms with E-state index in [2.05, 4.69) is 23.7 Å². The number of aliphatic carboxylic acids is 1. The third-order valence-corrected chi connectivity index (χ3v) is 1.90. The Labute approximate surface area is 109 Å². The topological polar surface area (TPSA) is 37.3 Å². The van der Waals surface area contributed by atoms with Crippen LogP contribution in [0.3, 0.4) is 0 Å². The van der Waals surface area contributed by atoms with Crippen LogP contribution in [0.5, 0.6) is 0 Å². The van der Waals surface area contributed by atoms with Crippen LogP contribution in [0.15, 0.2) is 36.5 Å². The predicted molar refractivity (Wildman–Crippen MR) is 74.7 cm³/mol. The smallest absolute Gasteiger partial charge is 0.303 e. The summed E-state index contributed by atoms with van der Waals surface area (Å²) in [4.78, 5) is 10.2. The fourth-order valence-corrected chi connectivity index (χ4v) is 1.06. The van der Waals surface area contributed by atoms with Crippen molar-refractivity contribution in [2.24, 2.45) is 0 Å². The van der Waals surface area contributed by atoms with Crippen molar-refractivity contribution in [2.45, 2.75) is 32.6 Å². The maximum atomic E-state index is 10.2. The van der Waals surface area contributed by atoms with Crippen molar-refractivity contribution in [1.82, 2.24) is 0 Å². The molecule has 2 nitrogen and oxygen atoms in total. The van der Waals surface area contributed by atoms with Crippen LogP contribution >= 0.6 is 0 Å². The standard InChI is InChI=1S/C16H18O2/c1-2-3-4-5-6-7-8-9-10-11-12-13-14-15-16(17)18/h2-3,8-11H,12-15H2,1H3,(H,17,18)/b3-2+,9-8+,11-10+. The van der Waals surface area contributed by atoms with Crippen LogP contribution in [0.4, 0.5) is 0 Å². The zero-order valence-corrected chi connectivity index (χ0v) is 10.6. The Morgan fingerprint density at radius 1 is 1.11 bits per heavy atom. The van der Waals surface area contributed by atoms with Gasteiger partial charge in [0.1, 0.15) is 0 Å².